The second-order valence-electron chi connectivity index (χ2n) is 6.52. The molecule has 0 saturated heterocycles. The van der Waals surface area contributed by atoms with Crippen LogP contribution < -0.4 is 4.74 Å². The lowest BCUT2D eigenvalue weighted by molar-refractivity contribution is -0.144. The summed E-state index contributed by atoms with van der Waals surface area (Å²) in [5.74, 6) is 0.0985. The molecule has 0 fully saturated rings. The quantitative estimate of drug-likeness (QED) is 0.687. The molecule has 0 amide bonds. The van der Waals surface area contributed by atoms with Gasteiger partial charge in [-0.1, -0.05) is 74.5 Å². The highest BCUT2D eigenvalue weighted by Gasteiger charge is 2.21. The first-order valence-corrected chi connectivity index (χ1v) is 8.50. The average Bonchev–Trinajstić information content (AvgIpc) is 2.61. The molecule has 3 rings (SSSR count). The van der Waals surface area contributed by atoms with Crippen molar-refractivity contribution < 1.29 is 14.6 Å². The van der Waals surface area contributed by atoms with Gasteiger partial charge in [0.05, 0.1) is 0 Å². The van der Waals surface area contributed by atoms with Gasteiger partial charge in [-0.05, 0) is 28.5 Å². The Balaban J connectivity index is 1.83. The summed E-state index contributed by atoms with van der Waals surface area (Å²) in [5.41, 5.74) is 2.20. The molecule has 0 bridgehead atoms. The van der Waals surface area contributed by atoms with E-state index >= 15 is 0 Å². The van der Waals surface area contributed by atoms with Crippen molar-refractivity contribution in [3.05, 3.63) is 77.9 Å². The molecule has 0 aromatic heterocycles. The van der Waals surface area contributed by atoms with Gasteiger partial charge in [-0.2, -0.15) is 0 Å². The van der Waals surface area contributed by atoms with Crippen LogP contribution in [0.25, 0.3) is 10.8 Å². The molecular formula is C22H22O3. The molecule has 0 saturated carbocycles. The van der Waals surface area contributed by atoms with E-state index in [1.54, 1.807) is 0 Å². The number of ether oxygens (including phenoxy) is 1. The molecule has 25 heavy (non-hydrogen) atoms. The van der Waals surface area contributed by atoms with Crippen LogP contribution in [0.4, 0.5) is 0 Å². The molecule has 1 atom stereocenters. The number of benzene rings is 3. The Bertz CT molecular complexity index is 861. The predicted octanol–water partition coefficient (Wildman–Crippen LogP) is 5.04. The third-order valence-electron chi connectivity index (χ3n) is 4.36. The van der Waals surface area contributed by atoms with Gasteiger partial charge in [0, 0.05) is 11.8 Å². The van der Waals surface area contributed by atoms with E-state index in [0.717, 1.165) is 16.3 Å². The van der Waals surface area contributed by atoms with Gasteiger partial charge in [0.15, 0.2) is 6.10 Å². The van der Waals surface area contributed by atoms with E-state index in [2.05, 4.69) is 26.0 Å². The highest BCUT2D eigenvalue weighted by Crippen LogP contribution is 2.27. The van der Waals surface area contributed by atoms with E-state index in [1.807, 2.05) is 54.6 Å². The molecule has 0 aliphatic carbocycles. The monoisotopic (exact) mass is 334 g/mol. The van der Waals surface area contributed by atoms with E-state index in [4.69, 9.17) is 4.74 Å². The number of carbonyl (C=O) groups is 1. The maximum absolute atomic E-state index is 11.7. The number of aliphatic carboxylic acids is 1. The van der Waals surface area contributed by atoms with Crippen LogP contribution in [0, 0.1) is 0 Å². The highest BCUT2D eigenvalue weighted by molar-refractivity contribution is 5.88. The first-order chi connectivity index (χ1) is 12.0. The van der Waals surface area contributed by atoms with Gasteiger partial charge >= 0.3 is 5.97 Å². The summed E-state index contributed by atoms with van der Waals surface area (Å²) in [5, 5.41) is 11.5. The van der Waals surface area contributed by atoms with E-state index in [-0.39, 0.29) is 0 Å². The zero-order valence-electron chi connectivity index (χ0n) is 14.5. The highest BCUT2D eigenvalue weighted by atomic mass is 16.5. The van der Waals surface area contributed by atoms with Crippen LogP contribution >= 0.6 is 0 Å². The Hall–Kier alpha value is -2.81. The average molecular weight is 334 g/mol. The molecule has 128 valence electrons. The van der Waals surface area contributed by atoms with Gasteiger partial charge in [0.2, 0.25) is 0 Å². The summed E-state index contributed by atoms with van der Waals surface area (Å²) in [6.45, 7) is 4.28. The smallest absolute Gasteiger partial charge is 0.345 e. The molecule has 0 radical (unpaired) electrons. The molecule has 3 aromatic rings. The van der Waals surface area contributed by atoms with Crippen LogP contribution in [0.15, 0.2) is 66.7 Å². The van der Waals surface area contributed by atoms with Crippen LogP contribution in [0.3, 0.4) is 0 Å². The van der Waals surface area contributed by atoms with Crippen molar-refractivity contribution in [3.8, 4) is 5.75 Å². The number of hydrogen-bond acceptors (Lipinski definition) is 2. The van der Waals surface area contributed by atoms with E-state index in [1.165, 1.54) is 5.56 Å². The zero-order chi connectivity index (χ0) is 17.8. The summed E-state index contributed by atoms with van der Waals surface area (Å²) >= 11 is 0. The summed E-state index contributed by atoms with van der Waals surface area (Å²) in [4.78, 5) is 11.7. The Morgan fingerprint density at radius 1 is 0.960 bits per heavy atom. The maximum atomic E-state index is 11.7. The van der Waals surface area contributed by atoms with Crippen LogP contribution in [0.5, 0.6) is 5.75 Å². The van der Waals surface area contributed by atoms with Crippen molar-refractivity contribution >= 4 is 16.7 Å². The molecule has 3 aromatic carbocycles. The van der Waals surface area contributed by atoms with Gasteiger partial charge < -0.3 is 9.84 Å². The maximum Gasteiger partial charge on any atom is 0.345 e. The van der Waals surface area contributed by atoms with E-state index in [0.29, 0.717) is 18.1 Å². The number of fused-ring (bicyclic) bond motifs is 1. The largest absolute Gasteiger partial charge is 0.478 e. The number of carboxylic acid groups (broad SMARTS) is 1. The predicted molar refractivity (Wildman–Crippen MR) is 100 cm³/mol. The van der Waals surface area contributed by atoms with Crippen molar-refractivity contribution in [2.24, 2.45) is 0 Å². The fourth-order valence-electron chi connectivity index (χ4n) is 2.88. The second kappa shape index (κ2) is 7.39. The molecule has 0 unspecified atom stereocenters. The van der Waals surface area contributed by atoms with Crippen molar-refractivity contribution in [1.29, 1.82) is 0 Å². The Morgan fingerprint density at radius 3 is 2.32 bits per heavy atom. The number of hydrogen-bond donors (Lipinski definition) is 1. The second-order valence-corrected chi connectivity index (χ2v) is 6.52. The molecule has 3 nitrogen and oxygen atoms in total. The first-order valence-electron chi connectivity index (χ1n) is 8.50. The minimum atomic E-state index is -0.958. The molecule has 0 heterocycles. The van der Waals surface area contributed by atoms with Crippen molar-refractivity contribution in [3.63, 3.8) is 0 Å². The van der Waals surface area contributed by atoms with Crippen LogP contribution in [-0.4, -0.2) is 17.2 Å². The summed E-state index contributed by atoms with van der Waals surface area (Å²) in [7, 11) is 0. The molecule has 3 heteroatoms. The SMILES string of the molecule is CC(C)c1ccc(C[C@@H](Oc2cccc3ccccc23)C(=O)O)cc1. The lowest BCUT2D eigenvalue weighted by atomic mass is 9.99. The van der Waals surface area contributed by atoms with Gasteiger partial charge in [-0.25, -0.2) is 4.79 Å². The lowest BCUT2D eigenvalue weighted by Crippen LogP contribution is -2.29. The fraction of sp³-hybridized carbons (Fsp3) is 0.227. The van der Waals surface area contributed by atoms with Crippen LogP contribution in [0.2, 0.25) is 0 Å². The summed E-state index contributed by atoms with van der Waals surface area (Å²) in [6, 6.07) is 21.6. The molecule has 0 aliphatic heterocycles. The third kappa shape index (κ3) is 4.00. The minimum Gasteiger partial charge on any atom is -0.478 e. The Kier molecular flexibility index (Phi) is 5.03. The molecular weight excluding hydrogens is 312 g/mol. The zero-order valence-corrected chi connectivity index (χ0v) is 14.5. The van der Waals surface area contributed by atoms with Crippen LogP contribution in [-0.2, 0) is 11.2 Å². The van der Waals surface area contributed by atoms with E-state index < -0.39 is 12.1 Å². The Labute approximate surface area is 147 Å². The normalized spacial score (nSPS) is 12.3. The first kappa shape index (κ1) is 17.0. The number of rotatable bonds is 6. The van der Waals surface area contributed by atoms with Crippen LogP contribution in [0.1, 0.15) is 30.9 Å². The minimum absolute atomic E-state index is 0.330. The lowest BCUT2D eigenvalue weighted by Gasteiger charge is -2.17. The van der Waals surface area contributed by atoms with Crippen molar-refractivity contribution in [1.82, 2.24) is 0 Å². The van der Waals surface area contributed by atoms with Gasteiger partial charge in [-0.15, -0.1) is 0 Å². The van der Waals surface area contributed by atoms with E-state index in [9.17, 15) is 9.90 Å². The Morgan fingerprint density at radius 2 is 1.64 bits per heavy atom. The summed E-state index contributed by atoms with van der Waals surface area (Å²) in [6.07, 6.45) is -0.590. The summed E-state index contributed by atoms with van der Waals surface area (Å²) < 4.78 is 5.87. The molecule has 0 spiro atoms. The van der Waals surface area contributed by atoms with Gasteiger partial charge in [0.1, 0.15) is 5.75 Å². The molecule has 0 aliphatic rings. The standard InChI is InChI=1S/C22H22O3/c1-15(2)17-12-10-16(11-13-17)14-21(22(23)24)25-20-9-5-7-18-6-3-4-8-19(18)20/h3-13,15,21H,14H2,1-2H3,(H,23,24)/t21-/m1/s1. The molecule has 1 N–H and O–H groups in total. The fourth-order valence-corrected chi connectivity index (χ4v) is 2.88. The van der Waals surface area contributed by atoms with Gasteiger partial charge in [-0.3, -0.25) is 0 Å². The van der Waals surface area contributed by atoms with Gasteiger partial charge in [0.25, 0.3) is 0 Å². The number of carboxylic acids is 1. The van der Waals surface area contributed by atoms with Crippen molar-refractivity contribution in [2.45, 2.75) is 32.3 Å². The topological polar surface area (TPSA) is 46.5 Å². The third-order valence-corrected chi connectivity index (χ3v) is 4.36. The van der Waals surface area contributed by atoms with Crippen molar-refractivity contribution in [2.75, 3.05) is 0 Å².